The third-order valence-electron chi connectivity index (χ3n) is 3.14. The van der Waals surface area contributed by atoms with Gasteiger partial charge in [-0.15, -0.1) is 0 Å². The van der Waals surface area contributed by atoms with Crippen molar-refractivity contribution in [3.63, 3.8) is 0 Å². The predicted octanol–water partition coefficient (Wildman–Crippen LogP) is 3.44. The summed E-state index contributed by atoms with van der Waals surface area (Å²) in [4.78, 5) is 19.2. The van der Waals surface area contributed by atoms with E-state index in [9.17, 15) is 4.79 Å². The number of benzene rings is 1. The molecule has 0 fully saturated rings. The number of carboxylic acids is 1. The van der Waals surface area contributed by atoms with Crippen molar-refractivity contribution in [2.75, 3.05) is 0 Å². The standard InChI is InChI=1S/C17H12N2O2/c20-15(21)6-2-1-4-12-9-11-19-17-14(12)8-7-13-5-3-10-18-16(13)17/h1-11H,(H,20,21)/b4-1+,6-2+. The van der Waals surface area contributed by atoms with E-state index in [0.29, 0.717) is 0 Å². The molecule has 0 unspecified atom stereocenters. The Labute approximate surface area is 121 Å². The number of pyridine rings is 2. The van der Waals surface area contributed by atoms with Crippen LogP contribution in [0.15, 0.2) is 61.0 Å². The molecule has 3 rings (SSSR count). The van der Waals surface area contributed by atoms with Crippen LogP contribution in [0.2, 0.25) is 0 Å². The Morgan fingerprint density at radius 2 is 1.86 bits per heavy atom. The smallest absolute Gasteiger partial charge is 0.328 e. The molecule has 0 aliphatic carbocycles. The zero-order chi connectivity index (χ0) is 14.7. The van der Waals surface area contributed by atoms with Gasteiger partial charge in [0.1, 0.15) is 0 Å². The van der Waals surface area contributed by atoms with E-state index < -0.39 is 5.97 Å². The number of nitrogens with zero attached hydrogens (tertiary/aromatic N) is 2. The van der Waals surface area contributed by atoms with Gasteiger partial charge in [0.2, 0.25) is 0 Å². The number of hydrogen-bond donors (Lipinski definition) is 1. The van der Waals surface area contributed by atoms with E-state index in [1.54, 1.807) is 18.5 Å². The average Bonchev–Trinajstić information content (AvgIpc) is 2.51. The maximum Gasteiger partial charge on any atom is 0.328 e. The van der Waals surface area contributed by atoms with Gasteiger partial charge in [0.15, 0.2) is 0 Å². The van der Waals surface area contributed by atoms with E-state index in [4.69, 9.17) is 5.11 Å². The molecule has 2 aromatic heterocycles. The summed E-state index contributed by atoms with van der Waals surface area (Å²) < 4.78 is 0. The first-order valence-electron chi connectivity index (χ1n) is 6.46. The first kappa shape index (κ1) is 13.0. The van der Waals surface area contributed by atoms with E-state index in [-0.39, 0.29) is 0 Å². The summed E-state index contributed by atoms with van der Waals surface area (Å²) in [7, 11) is 0. The molecule has 0 saturated carbocycles. The fourth-order valence-corrected chi connectivity index (χ4v) is 2.22. The molecule has 4 nitrogen and oxygen atoms in total. The van der Waals surface area contributed by atoms with Crippen LogP contribution in [0, 0.1) is 0 Å². The van der Waals surface area contributed by atoms with Crippen LogP contribution in [0.25, 0.3) is 27.9 Å². The molecule has 0 atom stereocenters. The number of allylic oxidation sites excluding steroid dienone is 2. The van der Waals surface area contributed by atoms with Crippen molar-refractivity contribution < 1.29 is 9.90 Å². The van der Waals surface area contributed by atoms with Crippen LogP contribution in [-0.2, 0) is 4.79 Å². The zero-order valence-corrected chi connectivity index (χ0v) is 11.1. The van der Waals surface area contributed by atoms with E-state index in [2.05, 4.69) is 9.97 Å². The predicted molar refractivity (Wildman–Crippen MR) is 82.9 cm³/mol. The maximum absolute atomic E-state index is 10.4. The highest BCUT2D eigenvalue weighted by molar-refractivity contribution is 6.05. The Bertz CT molecular complexity index is 882. The van der Waals surface area contributed by atoms with Crippen LogP contribution < -0.4 is 0 Å². The van der Waals surface area contributed by atoms with Crippen LogP contribution in [-0.4, -0.2) is 21.0 Å². The number of rotatable bonds is 3. The van der Waals surface area contributed by atoms with Gasteiger partial charge in [-0.2, -0.15) is 0 Å². The number of hydrogen-bond acceptors (Lipinski definition) is 3. The monoisotopic (exact) mass is 276 g/mol. The summed E-state index contributed by atoms with van der Waals surface area (Å²) >= 11 is 0. The van der Waals surface area contributed by atoms with Crippen molar-refractivity contribution in [3.8, 4) is 0 Å². The Hall–Kier alpha value is -3.01. The van der Waals surface area contributed by atoms with Gasteiger partial charge in [0.25, 0.3) is 0 Å². The summed E-state index contributed by atoms with van der Waals surface area (Å²) in [5, 5.41) is 10.6. The first-order chi connectivity index (χ1) is 10.3. The van der Waals surface area contributed by atoms with Crippen molar-refractivity contribution in [1.82, 2.24) is 9.97 Å². The summed E-state index contributed by atoms with van der Waals surface area (Å²) in [6.45, 7) is 0. The molecule has 3 aromatic rings. The molecule has 1 N–H and O–H groups in total. The van der Waals surface area contributed by atoms with Gasteiger partial charge in [0, 0.05) is 29.2 Å². The molecule has 0 spiro atoms. The van der Waals surface area contributed by atoms with Gasteiger partial charge in [0.05, 0.1) is 11.0 Å². The number of fused-ring (bicyclic) bond motifs is 3. The Kier molecular flexibility index (Phi) is 3.43. The van der Waals surface area contributed by atoms with Gasteiger partial charge in [-0.25, -0.2) is 4.79 Å². The van der Waals surface area contributed by atoms with Gasteiger partial charge in [-0.05, 0) is 17.7 Å². The van der Waals surface area contributed by atoms with Gasteiger partial charge < -0.3 is 5.11 Å². The summed E-state index contributed by atoms with van der Waals surface area (Å²) in [6.07, 6.45) is 9.63. The van der Waals surface area contributed by atoms with Crippen LogP contribution in [0.3, 0.4) is 0 Å². The molecule has 0 saturated heterocycles. The quantitative estimate of drug-likeness (QED) is 0.452. The number of aliphatic carboxylic acids is 1. The highest BCUT2D eigenvalue weighted by atomic mass is 16.4. The Balaban J connectivity index is 2.12. The minimum absolute atomic E-state index is 0.845. The highest BCUT2D eigenvalue weighted by Gasteiger charge is 2.04. The second-order valence-corrected chi connectivity index (χ2v) is 4.49. The summed E-state index contributed by atoms with van der Waals surface area (Å²) in [5.41, 5.74) is 2.69. The maximum atomic E-state index is 10.4. The molecule has 0 bridgehead atoms. The fourth-order valence-electron chi connectivity index (χ4n) is 2.22. The van der Waals surface area contributed by atoms with Crippen LogP contribution >= 0.6 is 0 Å². The summed E-state index contributed by atoms with van der Waals surface area (Å²) in [6, 6.07) is 9.81. The van der Waals surface area contributed by atoms with Crippen molar-refractivity contribution in [2.24, 2.45) is 0 Å². The van der Waals surface area contributed by atoms with Gasteiger partial charge in [-0.1, -0.05) is 36.4 Å². The second kappa shape index (κ2) is 5.54. The fraction of sp³-hybridized carbons (Fsp3) is 0. The van der Waals surface area contributed by atoms with Crippen molar-refractivity contribution >= 4 is 33.9 Å². The van der Waals surface area contributed by atoms with E-state index >= 15 is 0 Å². The molecule has 0 radical (unpaired) electrons. The van der Waals surface area contributed by atoms with Crippen molar-refractivity contribution in [2.45, 2.75) is 0 Å². The molecule has 102 valence electrons. The minimum Gasteiger partial charge on any atom is -0.478 e. The van der Waals surface area contributed by atoms with Crippen LogP contribution in [0.5, 0.6) is 0 Å². The molecule has 1 aromatic carbocycles. The SMILES string of the molecule is O=C(O)/C=C/C=C/c1ccnc2c1ccc1cccnc12. The Morgan fingerprint density at radius 3 is 2.71 bits per heavy atom. The topological polar surface area (TPSA) is 63.1 Å². The normalized spacial score (nSPS) is 11.8. The van der Waals surface area contributed by atoms with E-state index in [1.165, 1.54) is 6.08 Å². The van der Waals surface area contributed by atoms with Crippen molar-refractivity contribution in [1.29, 1.82) is 0 Å². The van der Waals surface area contributed by atoms with Crippen molar-refractivity contribution in [3.05, 3.63) is 66.5 Å². The van der Waals surface area contributed by atoms with Crippen LogP contribution in [0.4, 0.5) is 0 Å². The van der Waals surface area contributed by atoms with Gasteiger partial charge in [-0.3, -0.25) is 9.97 Å². The van der Waals surface area contributed by atoms with Gasteiger partial charge >= 0.3 is 5.97 Å². The third-order valence-corrected chi connectivity index (χ3v) is 3.14. The lowest BCUT2D eigenvalue weighted by Crippen LogP contribution is -1.87. The third kappa shape index (κ3) is 2.65. The van der Waals surface area contributed by atoms with Crippen LogP contribution in [0.1, 0.15) is 5.56 Å². The lowest BCUT2D eigenvalue weighted by molar-refractivity contribution is -0.131. The molecule has 0 amide bonds. The lowest BCUT2D eigenvalue weighted by Gasteiger charge is -2.04. The molecule has 4 heteroatoms. The first-order valence-corrected chi connectivity index (χ1v) is 6.46. The zero-order valence-electron chi connectivity index (χ0n) is 11.1. The molecule has 2 heterocycles. The minimum atomic E-state index is -0.963. The molecular weight excluding hydrogens is 264 g/mol. The molecular formula is C17H12N2O2. The average molecular weight is 276 g/mol. The number of carboxylic acid groups (broad SMARTS) is 1. The number of carbonyl (C=O) groups is 1. The molecule has 0 aliphatic rings. The van der Waals surface area contributed by atoms with E-state index in [1.807, 2.05) is 36.4 Å². The highest BCUT2D eigenvalue weighted by Crippen LogP contribution is 2.24. The number of aromatic nitrogens is 2. The molecule has 21 heavy (non-hydrogen) atoms. The second-order valence-electron chi connectivity index (χ2n) is 4.49. The molecule has 0 aliphatic heterocycles. The lowest BCUT2D eigenvalue weighted by atomic mass is 10.1. The Morgan fingerprint density at radius 1 is 1.00 bits per heavy atom. The summed E-state index contributed by atoms with van der Waals surface area (Å²) in [5.74, 6) is -0.963. The largest absolute Gasteiger partial charge is 0.478 e. The van der Waals surface area contributed by atoms with E-state index in [0.717, 1.165) is 33.4 Å².